The summed E-state index contributed by atoms with van der Waals surface area (Å²) in [6.45, 7) is 1.32. The molecule has 0 bridgehead atoms. The number of halogens is 3. The Hall–Kier alpha value is -2.59. The van der Waals surface area contributed by atoms with Crippen LogP contribution in [0.2, 0.25) is 10.0 Å². The van der Waals surface area contributed by atoms with Crippen molar-refractivity contribution >= 4 is 66.7 Å². The van der Waals surface area contributed by atoms with E-state index in [-0.39, 0.29) is 23.4 Å². The minimum absolute atomic E-state index is 0.00495. The Labute approximate surface area is 260 Å². The third-order valence-corrected chi connectivity index (χ3v) is 10.1. The Morgan fingerprint density at radius 1 is 1.00 bits per heavy atom. The van der Waals surface area contributed by atoms with Crippen molar-refractivity contribution in [1.29, 1.82) is 0 Å². The van der Waals surface area contributed by atoms with E-state index in [0.717, 1.165) is 34.5 Å². The Kier molecular flexibility index (Phi) is 10.7. The highest BCUT2D eigenvalue weighted by Gasteiger charge is 2.34. The summed E-state index contributed by atoms with van der Waals surface area (Å²) in [7, 11) is -4.13. The number of hydrogen-bond donors (Lipinski definition) is 1. The van der Waals surface area contributed by atoms with Crippen molar-refractivity contribution in [3.05, 3.63) is 92.9 Å². The SMILES string of the molecule is CC[C@H](C(=O)NC1CCCC1)N(Cc1ccc(Cl)cc1Cl)C(=O)CN(c1ccc(Br)cc1)S(=O)(=O)c1ccccc1. The first-order valence-electron chi connectivity index (χ1n) is 13.5. The van der Waals surface area contributed by atoms with Gasteiger partial charge in [-0.25, -0.2) is 8.42 Å². The number of amides is 2. The first-order chi connectivity index (χ1) is 19.6. The first-order valence-corrected chi connectivity index (χ1v) is 16.5. The molecule has 3 aromatic carbocycles. The Balaban J connectivity index is 1.72. The van der Waals surface area contributed by atoms with E-state index in [4.69, 9.17) is 23.2 Å². The fraction of sp³-hybridized carbons (Fsp3) is 0.333. The molecule has 4 rings (SSSR count). The third-order valence-electron chi connectivity index (χ3n) is 7.17. The molecular formula is C30H32BrCl2N3O4S. The van der Waals surface area contributed by atoms with Crippen LogP contribution >= 0.6 is 39.1 Å². The minimum Gasteiger partial charge on any atom is -0.352 e. The molecule has 0 radical (unpaired) electrons. The molecule has 3 aromatic rings. The van der Waals surface area contributed by atoms with Crippen LogP contribution in [0.25, 0.3) is 0 Å². The zero-order valence-electron chi connectivity index (χ0n) is 22.6. The van der Waals surface area contributed by atoms with Crippen molar-refractivity contribution in [2.24, 2.45) is 0 Å². The Morgan fingerprint density at radius 2 is 1.66 bits per heavy atom. The predicted octanol–water partition coefficient (Wildman–Crippen LogP) is 6.82. The Bertz CT molecular complexity index is 1470. The van der Waals surface area contributed by atoms with Crippen molar-refractivity contribution in [1.82, 2.24) is 10.2 Å². The molecule has 1 atom stereocenters. The number of anilines is 1. The Morgan fingerprint density at radius 3 is 2.27 bits per heavy atom. The summed E-state index contributed by atoms with van der Waals surface area (Å²) in [5, 5.41) is 3.89. The molecule has 2 amide bonds. The summed E-state index contributed by atoms with van der Waals surface area (Å²) in [6.07, 6.45) is 4.21. The van der Waals surface area contributed by atoms with Gasteiger partial charge in [0.1, 0.15) is 12.6 Å². The maximum Gasteiger partial charge on any atom is 0.264 e. The number of carbonyl (C=O) groups excluding carboxylic acids is 2. The van der Waals surface area contributed by atoms with Crippen molar-refractivity contribution in [2.75, 3.05) is 10.8 Å². The molecule has 1 fully saturated rings. The first kappa shape index (κ1) is 31.3. The van der Waals surface area contributed by atoms with E-state index < -0.39 is 28.5 Å². The van der Waals surface area contributed by atoms with Crippen LogP contribution in [0.1, 0.15) is 44.6 Å². The number of nitrogens with zero attached hydrogens (tertiary/aromatic N) is 2. The maximum absolute atomic E-state index is 14.2. The van der Waals surface area contributed by atoms with Crippen LogP contribution in [0.3, 0.4) is 0 Å². The van der Waals surface area contributed by atoms with Gasteiger partial charge in [-0.05, 0) is 73.4 Å². The highest BCUT2D eigenvalue weighted by Crippen LogP contribution is 2.28. The smallest absolute Gasteiger partial charge is 0.264 e. The average Bonchev–Trinajstić information content (AvgIpc) is 3.46. The monoisotopic (exact) mass is 679 g/mol. The number of hydrogen-bond acceptors (Lipinski definition) is 4. The van der Waals surface area contributed by atoms with E-state index in [2.05, 4.69) is 21.2 Å². The molecule has 1 aliphatic carbocycles. The van der Waals surface area contributed by atoms with Gasteiger partial charge in [-0.1, -0.05) is 83.2 Å². The summed E-state index contributed by atoms with van der Waals surface area (Å²) >= 11 is 16.0. The highest BCUT2D eigenvalue weighted by atomic mass is 79.9. The van der Waals surface area contributed by atoms with Gasteiger partial charge in [0.2, 0.25) is 11.8 Å². The number of benzene rings is 3. The van der Waals surface area contributed by atoms with Crippen LogP contribution in [0.5, 0.6) is 0 Å². The summed E-state index contributed by atoms with van der Waals surface area (Å²) in [5.74, 6) is -0.800. The number of carbonyl (C=O) groups is 2. The average molecular weight is 681 g/mol. The molecule has 0 aliphatic heterocycles. The molecule has 0 aromatic heterocycles. The molecule has 1 N–H and O–H groups in total. The lowest BCUT2D eigenvalue weighted by Gasteiger charge is -2.34. The zero-order valence-corrected chi connectivity index (χ0v) is 26.5. The van der Waals surface area contributed by atoms with Crippen molar-refractivity contribution < 1.29 is 18.0 Å². The lowest BCUT2D eigenvalue weighted by atomic mass is 10.1. The van der Waals surface area contributed by atoms with Gasteiger partial charge in [-0.2, -0.15) is 0 Å². The molecule has 11 heteroatoms. The predicted molar refractivity (Wildman–Crippen MR) is 167 cm³/mol. The van der Waals surface area contributed by atoms with E-state index in [1.54, 1.807) is 60.7 Å². The van der Waals surface area contributed by atoms with E-state index in [1.165, 1.54) is 17.0 Å². The van der Waals surface area contributed by atoms with E-state index in [0.29, 0.717) is 27.7 Å². The van der Waals surface area contributed by atoms with Crippen molar-refractivity contribution in [3.63, 3.8) is 0 Å². The molecule has 1 saturated carbocycles. The van der Waals surface area contributed by atoms with E-state index >= 15 is 0 Å². The molecule has 0 spiro atoms. The standard InChI is InChI=1S/C30H32BrCl2N3O4S/c1-2-28(30(38)34-24-8-6-7-9-24)35(19-21-12-15-23(32)18-27(21)33)29(37)20-36(25-16-13-22(31)14-17-25)41(39,40)26-10-4-3-5-11-26/h3-5,10-18,24,28H,2,6-9,19-20H2,1H3,(H,34,38)/t28-/m1/s1. The quantitative estimate of drug-likeness (QED) is 0.241. The van der Waals surface area contributed by atoms with Crippen LogP contribution in [0, 0.1) is 0 Å². The molecule has 218 valence electrons. The lowest BCUT2D eigenvalue weighted by Crippen LogP contribution is -2.53. The summed E-state index contributed by atoms with van der Waals surface area (Å²) in [4.78, 5) is 29.2. The van der Waals surface area contributed by atoms with Crippen LogP contribution in [-0.2, 0) is 26.2 Å². The van der Waals surface area contributed by atoms with Gasteiger partial charge in [-0.3, -0.25) is 13.9 Å². The third kappa shape index (κ3) is 7.83. The fourth-order valence-corrected chi connectivity index (χ4v) is 7.14. The topological polar surface area (TPSA) is 86.8 Å². The van der Waals surface area contributed by atoms with Crippen LogP contribution in [0.15, 0.2) is 82.2 Å². The maximum atomic E-state index is 14.2. The largest absolute Gasteiger partial charge is 0.352 e. The number of sulfonamides is 1. The summed E-state index contributed by atoms with van der Waals surface area (Å²) < 4.78 is 29.6. The van der Waals surface area contributed by atoms with Gasteiger partial charge in [-0.15, -0.1) is 0 Å². The fourth-order valence-electron chi connectivity index (χ4n) is 4.98. The van der Waals surface area contributed by atoms with Crippen molar-refractivity contribution in [3.8, 4) is 0 Å². The second kappa shape index (κ2) is 14.1. The van der Waals surface area contributed by atoms with Crippen LogP contribution in [-0.4, -0.2) is 43.8 Å². The molecule has 1 aliphatic rings. The summed E-state index contributed by atoms with van der Waals surface area (Å²) in [5.41, 5.74) is 0.913. The molecule has 0 heterocycles. The summed E-state index contributed by atoms with van der Waals surface area (Å²) in [6, 6.07) is 18.8. The number of rotatable bonds is 11. The van der Waals surface area contributed by atoms with Gasteiger partial charge in [0, 0.05) is 27.1 Å². The van der Waals surface area contributed by atoms with Gasteiger partial charge < -0.3 is 10.2 Å². The lowest BCUT2D eigenvalue weighted by molar-refractivity contribution is -0.140. The van der Waals surface area contributed by atoms with Gasteiger partial charge in [0.05, 0.1) is 10.6 Å². The molecular weight excluding hydrogens is 649 g/mol. The molecule has 41 heavy (non-hydrogen) atoms. The second-order valence-electron chi connectivity index (χ2n) is 9.97. The van der Waals surface area contributed by atoms with Crippen molar-refractivity contribution in [2.45, 2.75) is 62.6 Å². The van der Waals surface area contributed by atoms with Gasteiger partial charge >= 0.3 is 0 Å². The zero-order chi connectivity index (χ0) is 29.6. The van der Waals surface area contributed by atoms with Gasteiger partial charge in [0.15, 0.2) is 0 Å². The number of nitrogens with one attached hydrogen (secondary N) is 1. The molecule has 0 saturated heterocycles. The second-order valence-corrected chi connectivity index (χ2v) is 13.6. The van der Waals surface area contributed by atoms with E-state index in [1.807, 2.05) is 6.92 Å². The van der Waals surface area contributed by atoms with Gasteiger partial charge in [0.25, 0.3) is 10.0 Å². The minimum atomic E-state index is -4.13. The normalized spacial score (nSPS) is 14.4. The van der Waals surface area contributed by atoms with Crippen LogP contribution in [0.4, 0.5) is 5.69 Å². The highest BCUT2D eigenvalue weighted by molar-refractivity contribution is 9.10. The molecule has 0 unspecified atom stereocenters. The molecule has 7 nitrogen and oxygen atoms in total. The van der Waals surface area contributed by atoms with E-state index in [9.17, 15) is 18.0 Å². The van der Waals surface area contributed by atoms with Crippen LogP contribution < -0.4 is 9.62 Å².